The molecule has 18 heavy (non-hydrogen) atoms. The Morgan fingerprint density at radius 1 is 1.39 bits per heavy atom. The Morgan fingerprint density at radius 3 is 2.83 bits per heavy atom. The molecule has 104 valence electrons. The summed E-state index contributed by atoms with van der Waals surface area (Å²) in [6.45, 7) is 7.00. The molecule has 1 N–H and O–H groups in total. The highest BCUT2D eigenvalue weighted by Crippen LogP contribution is 2.07. The third-order valence-electron chi connectivity index (χ3n) is 3.04. The van der Waals surface area contributed by atoms with Gasteiger partial charge in [-0.2, -0.15) is 5.10 Å². The summed E-state index contributed by atoms with van der Waals surface area (Å²) in [5.41, 5.74) is 1.32. The summed E-state index contributed by atoms with van der Waals surface area (Å²) < 4.78 is 7.31. The minimum absolute atomic E-state index is 0.553. The fourth-order valence-corrected chi connectivity index (χ4v) is 2.01. The minimum atomic E-state index is 0.553. The standard InChI is InChI=1S/C14H27N3O/c1-4-9-15-14(8-10-18-5-2)7-6-13-11-16-17(3)12-13/h11-12,14-15H,4-10H2,1-3H3. The van der Waals surface area contributed by atoms with Crippen LogP contribution in [0.2, 0.25) is 0 Å². The van der Waals surface area contributed by atoms with Gasteiger partial charge < -0.3 is 10.1 Å². The van der Waals surface area contributed by atoms with E-state index >= 15 is 0 Å². The van der Waals surface area contributed by atoms with Crippen molar-refractivity contribution in [3.63, 3.8) is 0 Å². The van der Waals surface area contributed by atoms with Crippen molar-refractivity contribution >= 4 is 0 Å². The van der Waals surface area contributed by atoms with Crippen LogP contribution in [-0.2, 0) is 18.2 Å². The van der Waals surface area contributed by atoms with E-state index in [1.54, 1.807) is 0 Å². The molecule has 1 aromatic rings. The fraction of sp³-hybridized carbons (Fsp3) is 0.786. The second-order valence-electron chi connectivity index (χ2n) is 4.70. The Labute approximate surface area is 111 Å². The first-order valence-electron chi connectivity index (χ1n) is 7.04. The monoisotopic (exact) mass is 253 g/mol. The summed E-state index contributed by atoms with van der Waals surface area (Å²) >= 11 is 0. The molecule has 1 unspecified atom stereocenters. The first kappa shape index (κ1) is 15.2. The predicted octanol–water partition coefficient (Wildman–Crippen LogP) is 2.15. The van der Waals surface area contributed by atoms with E-state index in [9.17, 15) is 0 Å². The van der Waals surface area contributed by atoms with Gasteiger partial charge in [0.15, 0.2) is 0 Å². The molecule has 0 saturated heterocycles. The number of hydrogen-bond donors (Lipinski definition) is 1. The Kier molecular flexibility index (Phi) is 7.69. The molecule has 1 rings (SSSR count). The first-order valence-corrected chi connectivity index (χ1v) is 7.04. The summed E-state index contributed by atoms with van der Waals surface area (Å²) in [6, 6.07) is 0.553. The van der Waals surface area contributed by atoms with Gasteiger partial charge in [0.1, 0.15) is 0 Å². The number of nitrogens with one attached hydrogen (secondary N) is 1. The van der Waals surface area contributed by atoms with E-state index in [0.29, 0.717) is 6.04 Å². The molecule has 0 spiro atoms. The normalized spacial score (nSPS) is 12.8. The molecule has 0 bridgehead atoms. The molecule has 1 aromatic heterocycles. The molecule has 0 fully saturated rings. The second-order valence-corrected chi connectivity index (χ2v) is 4.70. The van der Waals surface area contributed by atoms with Gasteiger partial charge in [-0.1, -0.05) is 6.92 Å². The van der Waals surface area contributed by atoms with Crippen molar-refractivity contribution in [3.8, 4) is 0 Å². The zero-order valence-electron chi connectivity index (χ0n) is 12.0. The van der Waals surface area contributed by atoms with Crippen LogP contribution in [0.3, 0.4) is 0 Å². The Bertz CT molecular complexity index is 312. The maximum Gasteiger partial charge on any atom is 0.0521 e. The van der Waals surface area contributed by atoms with E-state index in [1.165, 1.54) is 12.0 Å². The third kappa shape index (κ3) is 6.17. The van der Waals surface area contributed by atoms with Crippen molar-refractivity contribution < 1.29 is 4.74 Å². The van der Waals surface area contributed by atoms with E-state index < -0.39 is 0 Å². The van der Waals surface area contributed by atoms with Gasteiger partial charge in [0.2, 0.25) is 0 Å². The average Bonchev–Trinajstić information content (AvgIpc) is 2.78. The lowest BCUT2D eigenvalue weighted by Crippen LogP contribution is -2.31. The predicted molar refractivity (Wildman–Crippen MR) is 74.7 cm³/mol. The molecule has 1 heterocycles. The molecule has 0 radical (unpaired) electrons. The van der Waals surface area contributed by atoms with Crippen LogP contribution in [0.5, 0.6) is 0 Å². The number of rotatable bonds is 10. The van der Waals surface area contributed by atoms with Gasteiger partial charge in [-0.05, 0) is 44.7 Å². The Morgan fingerprint density at radius 2 is 2.22 bits per heavy atom. The van der Waals surface area contributed by atoms with Crippen molar-refractivity contribution in [1.82, 2.24) is 15.1 Å². The van der Waals surface area contributed by atoms with Crippen LogP contribution in [-0.4, -0.2) is 35.6 Å². The SMILES string of the molecule is CCCNC(CCOCC)CCc1cnn(C)c1. The van der Waals surface area contributed by atoms with Crippen LogP contribution in [0.15, 0.2) is 12.4 Å². The van der Waals surface area contributed by atoms with Crippen molar-refractivity contribution in [2.24, 2.45) is 7.05 Å². The molecule has 4 nitrogen and oxygen atoms in total. The van der Waals surface area contributed by atoms with Crippen LogP contribution in [0.1, 0.15) is 38.7 Å². The second kappa shape index (κ2) is 9.11. The lowest BCUT2D eigenvalue weighted by Gasteiger charge is -2.18. The lowest BCUT2D eigenvalue weighted by molar-refractivity contribution is 0.135. The van der Waals surface area contributed by atoms with Crippen LogP contribution in [0.25, 0.3) is 0 Å². The maximum absolute atomic E-state index is 5.44. The third-order valence-corrected chi connectivity index (χ3v) is 3.04. The summed E-state index contributed by atoms with van der Waals surface area (Å²) in [5.74, 6) is 0. The molecule has 0 aliphatic rings. The first-order chi connectivity index (χ1) is 8.76. The van der Waals surface area contributed by atoms with Crippen LogP contribution >= 0.6 is 0 Å². The van der Waals surface area contributed by atoms with E-state index in [0.717, 1.165) is 39.0 Å². The van der Waals surface area contributed by atoms with Gasteiger partial charge in [-0.3, -0.25) is 4.68 Å². The average molecular weight is 253 g/mol. The van der Waals surface area contributed by atoms with Gasteiger partial charge in [-0.25, -0.2) is 0 Å². The van der Waals surface area contributed by atoms with E-state index in [-0.39, 0.29) is 0 Å². The molecule has 0 aliphatic carbocycles. The van der Waals surface area contributed by atoms with Gasteiger partial charge in [0.05, 0.1) is 6.20 Å². The number of ether oxygens (including phenoxy) is 1. The molecule has 4 heteroatoms. The van der Waals surface area contributed by atoms with Crippen LogP contribution in [0, 0.1) is 0 Å². The topological polar surface area (TPSA) is 39.1 Å². The number of nitrogens with zero attached hydrogens (tertiary/aromatic N) is 2. The highest BCUT2D eigenvalue weighted by molar-refractivity contribution is 5.03. The zero-order valence-corrected chi connectivity index (χ0v) is 12.0. The summed E-state index contributed by atoms with van der Waals surface area (Å²) in [5, 5.41) is 7.80. The minimum Gasteiger partial charge on any atom is -0.382 e. The maximum atomic E-state index is 5.44. The number of aromatic nitrogens is 2. The highest BCUT2D eigenvalue weighted by atomic mass is 16.5. The molecular weight excluding hydrogens is 226 g/mol. The Hall–Kier alpha value is -0.870. The summed E-state index contributed by atoms with van der Waals surface area (Å²) in [6.07, 6.45) is 8.56. The highest BCUT2D eigenvalue weighted by Gasteiger charge is 2.08. The van der Waals surface area contributed by atoms with Crippen LogP contribution < -0.4 is 5.32 Å². The van der Waals surface area contributed by atoms with Crippen molar-refractivity contribution in [3.05, 3.63) is 18.0 Å². The van der Waals surface area contributed by atoms with E-state index in [1.807, 2.05) is 24.9 Å². The molecular formula is C14H27N3O. The summed E-state index contributed by atoms with van der Waals surface area (Å²) in [7, 11) is 1.96. The fourth-order valence-electron chi connectivity index (χ4n) is 2.01. The molecule has 0 aromatic carbocycles. The van der Waals surface area contributed by atoms with Crippen molar-refractivity contribution in [1.29, 1.82) is 0 Å². The molecule has 1 atom stereocenters. The lowest BCUT2D eigenvalue weighted by atomic mass is 10.1. The zero-order chi connectivity index (χ0) is 13.2. The quantitative estimate of drug-likeness (QED) is 0.649. The van der Waals surface area contributed by atoms with Crippen LogP contribution in [0.4, 0.5) is 0 Å². The molecule has 0 saturated carbocycles. The van der Waals surface area contributed by atoms with Gasteiger partial charge in [0, 0.05) is 32.5 Å². The molecule has 0 amide bonds. The number of hydrogen-bond acceptors (Lipinski definition) is 3. The van der Waals surface area contributed by atoms with Gasteiger partial charge >= 0.3 is 0 Å². The Balaban J connectivity index is 2.29. The van der Waals surface area contributed by atoms with Crippen molar-refractivity contribution in [2.75, 3.05) is 19.8 Å². The van der Waals surface area contributed by atoms with Crippen molar-refractivity contribution in [2.45, 2.75) is 45.6 Å². The smallest absolute Gasteiger partial charge is 0.0521 e. The molecule has 0 aliphatic heterocycles. The van der Waals surface area contributed by atoms with E-state index in [4.69, 9.17) is 4.74 Å². The largest absolute Gasteiger partial charge is 0.382 e. The number of aryl methyl sites for hydroxylation is 2. The summed E-state index contributed by atoms with van der Waals surface area (Å²) in [4.78, 5) is 0. The van der Waals surface area contributed by atoms with Gasteiger partial charge in [0.25, 0.3) is 0 Å². The van der Waals surface area contributed by atoms with Gasteiger partial charge in [-0.15, -0.1) is 0 Å². The van der Waals surface area contributed by atoms with E-state index in [2.05, 4.69) is 23.5 Å².